The van der Waals surface area contributed by atoms with Crippen molar-refractivity contribution < 1.29 is 4.79 Å². The maximum atomic E-state index is 11.9. The minimum absolute atomic E-state index is 0.0307. The minimum Gasteiger partial charge on any atom is -0.352 e. The smallest absolute Gasteiger partial charge is 0.220 e. The fraction of sp³-hybridized carbons (Fsp3) is 0.167. The van der Waals surface area contributed by atoms with E-state index in [0.717, 1.165) is 21.8 Å². The summed E-state index contributed by atoms with van der Waals surface area (Å²) in [5, 5.41) is 5.93. The predicted molar refractivity (Wildman–Crippen MR) is 92.0 cm³/mol. The third kappa shape index (κ3) is 4.47. The van der Waals surface area contributed by atoms with E-state index in [1.54, 1.807) is 23.7 Å². The number of amides is 1. The molecule has 23 heavy (non-hydrogen) atoms. The first kappa shape index (κ1) is 15.4. The van der Waals surface area contributed by atoms with E-state index >= 15 is 0 Å². The number of nitrogens with zero attached hydrogens (tertiary/aromatic N) is 2. The van der Waals surface area contributed by atoms with Crippen LogP contribution in [0.15, 0.2) is 60.2 Å². The summed E-state index contributed by atoms with van der Waals surface area (Å²) in [7, 11) is 0. The molecule has 0 fully saturated rings. The second-order valence-electron chi connectivity index (χ2n) is 5.15. The second-order valence-corrected chi connectivity index (χ2v) is 6.01. The maximum Gasteiger partial charge on any atom is 0.220 e. The van der Waals surface area contributed by atoms with Crippen LogP contribution in [0.3, 0.4) is 0 Å². The van der Waals surface area contributed by atoms with E-state index in [1.807, 2.05) is 47.8 Å². The maximum absolute atomic E-state index is 11.9. The van der Waals surface area contributed by atoms with Crippen molar-refractivity contribution in [2.75, 3.05) is 0 Å². The molecule has 0 atom stereocenters. The monoisotopic (exact) mass is 323 g/mol. The van der Waals surface area contributed by atoms with Gasteiger partial charge >= 0.3 is 0 Å². The number of nitrogens with one attached hydrogen (secondary N) is 1. The zero-order valence-electron chi connectivity index (χ0n) is 12.6. The fourth-order valence-corrected chi connectivity index (χ4v) is 3.03. The number of aromatic nitrogens is 2. The molecule has 2 heterocycles. The van der Waals surface area contributed by atoms with E-state index in [-0.39, 0.29) is 5.91 Å². The summed E-state index contributed by atoms with van der Waals surface area (Å²) >= 11 is 1.61. The Morgan fingerprint density at radius 2 is 2.00 bits per heavy atom. The van der Waals surface area contributed by atoms with Crippen LogP contribution in [0, 0.1) is 0 Å². The molecular weight excluding hydrogens is 306 g/mol. The van der Waals surface area contributed by atoms with Gasteiger partial charge in [-0.15, -0.1) is 11.3 Å². The largest absolute Gasteiger partial charge is 0.352 e. The summed E-state index contributed by atoms with van der Waals surface area (Å²) in [4.78, 5) is 20.5. The SMILES string of the molecule is O=C(CCc1csc(-c2ccccc2)n1)NCc1cccnc1. The van der Waals surface area contributed by atoms with E-state index in [2.05, 4.69) is 15.3 Å². The summed E-state index contributed by atoms with van der Waals surface area (Å²) in [6, 6.07) is 13.9. The van der Waals surface area contributed by atoms with Crippen LogP contribution in [0.25, 0.3) is 10.6 Å². The number of aryl methyl sites for hydroxylation is 1. The fourth-order valence-electron chi connectivity index (χ4n) is 2.17. The number of benzene rings is 1. The van der Waals surface area contributed by atoms with Crippen molar-refractivity contribution >= 4 is 17.2 Å². The van der Waals surface area contributed by atoms with Crippen LogP contribution in [0.1, 0.15) is 17.7 Å². The molecule has 3 aromatic rings. The third-order valence-electron chi connectivity index (χ3n) is 3.39. The Hall–Kier alpha value is -2.53. The molecule has 5 heteroatoms. The van der Waals surface area contributed by atoms with Gasteiger partial charge < -0.3 is 5.32 Å². The molecule has 1 aromatic carbocycles. The quantitative estimate of drug-likeness (QED) is 0.756. The van der Waals surface area contributed by atoms with Crippen molar-refractivity contribution in [2.45, 2.75) is 19.4 Å². The summed E-state index contributed by atoms with van der Waals surface area (Å²) < 4.78 is 0. The van der Waals surface area contributed by atoms with Gasteiger partial charge in [0.1, 0.15) is 5.01 Å². The highest BCUT2D eigenvalue weighted by atomic mass is 32.1. The van der Waals surface area contributed by atoms with Gasteiger partial charge in [0.2, 0.25) is 5.91 Å². The Morgan fingerprint density at radius 3 is 2.78 bits per heavy atom. The molecule has 0 aliphatic carbocycles. The van der Waals surface area contributed by atoms with E-state index in [1.165, 1.54) is 0 Å². The third-order valence-corrected chi connectivity index (χ3v) is 4.33. The van der Waals surface area contributed by atoms with E-state index < -0.39 is 0 Å². The van der Waals surface area contributed by atoms with Crippen LogP contribution >= 0.6 is 11.3 Å². The lowest BCUT2D eigenvalue weighted by Gasteiger charge is -2.04. The molecule has 116 valence electrons. The van der Waals surface area contributed by atoms with Crippen molar-refractivity contribution in [3.63, 3.8) is 0 Å². The Labute approximate surface area is 139 Å². The molecule has 0 spiro atoms. The lowest BCUT2D eigenvalue weighted by molar-refractivity contribution is -0.121. The van der Waals surface area contributed by atoms with Gasteiger partial charge in [-0.25, -0.2) is 4.98 Å². The van der Waals surface area contributed by atoms with Crippen LogP contribution in [0.4, 0.5) is 0 Å². The number of hydrogen-bond donors (Lipinski definition) is 1. The molecule has 0 unspecified atom stereocenters. The molecule has 1 N–H and O–H groups in total. The molecule has 0 saturated heterocycles. The molecule has 3 rings (SSSR count). The summed E-state index contributed by atoms with van der Waals surface area (Å²) in [5.41, 5.74) is 3.08. The molecule has 0 bridgehead atoms. The summed E-state index contributed by atoms with van der Waals surface area (Å²) in [6.07, 6.45) is 4.57. The second kappa shape index (κ2) is 7.65. The zero-order valence-corrected chi connectivity index (χ0v) is 13.4. The van der Waals surface area contributed by atoms with Gasteiger partial charge in [0.05, 0.1) is 5.69 Å². The molecule has 0 aliphatic rings. The lowest BCUT2D eigenvalue weighted by atomic mass is 10.2. The normalized spacial score (nSPS) is 10.4. The molecule has 0 radical (unpaired) electrons. The highest BCUT2D eigenvalue weighted by Crippen LogP contribution is 2.23. The highest BCUT2D eigenvalue weighted by Gasteiger charge is 2.07. The topological polar surface area (TPSA) is 54.9 Å². The van der Waals surface area contributed by atoms with Crippen molar-refractivity contribution in [2.24, 2.45) is 0 Å². The Kier molecular flexibility index (Phi) is 5.11. The van der Waals surface area contributed by atoms with Gasteiger partial charge in [-0.2, -0.15) is 0 Å². The summed E-state index contributed by atoms with van der Waals surface area (Å²) in [5.74, 6) is 0.0307. The molecule has 4 nitrogen and oxygen atoms in total. The number of pyridine rings is 1. The van der Waals surface area contributed by atoms with Gasteiger partial charge in [0.25, 0.3) is 0 Å². The van der Waals surface area contributed by atoms with E-state index in [4.69, 9.17) is 0 Å². The van der Waals surface area contributed by atoms with Crippen LogP contribution < -0.4 is 5.32 Å². The molecule has 2 aromatic heterocycles. The number of carbonyl (C=O) groups excluding carboxylic acids is 1. The lowest BCUT2D eigenvalue weighted by Crippen LogP contribution is -2.23. The zero-order chi connectivity index (χ0) is 15.9. The van der Waals surface area contributed by atoms with Gasteiger partial charge in [-0.1, -0.05) is 36.4 Å². The van der Waals surface area contributed by atoms with Crippen LogP contribution in [-0.2, 0) is 17.8 Å². The Balaban J connectivity index is 1.49. The van der Waals surface area contributed by atoms with Gasteiger partial charge in [0, 0.05) is 36.3 Å². The molecular formula is C18H17N3OS. The Morgan fingerprint density at radius 1 is 1.13 bits per heavy atom. The first-order valence-electron chi connectivity index (χ1n) is 7.47. The van der Waals surface area contributed by atoms with E-state index in [9.17, 15) is 4.79 Å². The number of thiazole rings is 1. The average molecular weight is 323 g/mol. The predicted octanol–water partition coefficient (Wildman–Crippen LogP) is 3.45. The average Bonchev–Trinajstić information content (AvgIpc) is 3.09. The molecule has 0 aliphatic heterocycles. The van der Waals surface area contributed by atoms with Crippen molar-refractivity contribution in [1.82, 2.24) is 15.3 Å². The summed E-state index contributed by atoms with van der Waals surface area (Å²) in [6.45, 7) is 0.513. The first-order valence-corrected chi connectivity index (χ1v) is 8.34. The van der Waals surface area contributed by atoms with Gasteiger partial charge in [0.15, 0.2) is 0 Å². The Bertz CT molecular complexity index is 756. The van der Waals surface area contributed by atoms with Crippen LogP contribution in [0.5, 0.6) is 0 Å². The minimum atomic E-state index is 0.0307. The number of rotatable bonds is 6. The standard InChI is InChI=1S/C18H17N3OS/c22-17(20-12-14-5-4-10-19-11-14)9-8-16-13-23-18(21-16)15-6-2-1-3-7-15/h1-7,10-11,13H,8-9,12H2,(H,20,22). The number of hydrogen-bond acceptors (Lipinski definition) is 4. The van der Waals surface area contributed by atoms with E-state index in [0.29, 0.717) is 19.4 Å². The highest BCUT2D eigenvalue weighted by molar-refractivity contribution is 7.13. The van der Waals surface area contributed by atoms with Crippen molar-refractivity contribution in [3.8, 4) is 10.6 Å². The van der Waals surface area contributed by atoms with Crippen LogP contribution in [0.2, 0.25) is 0 Å². The number of carbonyl (C=O) groups is 1. The van der Waals surface area contributed by atoms with Crippen molar-refractivity contribution in [1.29, 1.82) is 0 Å². The molecule has 0 saturated carbocycles. The van der Waals surface area contributed by atoms with Gasteiger partial charge in [-0.3, -0.25) is 9.78 Å². The molecule has 1 amide bonds. The van der Waals surface area contributed by atoms with Crippen LogP contribution in [-0.4, -0.2) is 15.9 Å². The van der Waals surface area contributed by atoms with Gasteiger partial charge in [-0.05, 0) is 18.1 Å². The first-order chi connectivity index (χ1) is 11.3. The van der Waals surface area contributed by atoms with Crippen molar-refractivity contribution in [3.05, 3.63) is 71.5 Å².